The van der Waals surface area contributed by atoms with Crippen molar-refractivity contribution in [2.45, 2.75) is 32.9 Å². The Balaban J connectivity index is 1.71. The lowest BCUT2D eigenvalue weighted by molar-refractivity contribution is -0.139. The van der Waals surface area contributed by atoms with E-state index in [1.807, 2.05) is 62.4 Å². The number of ether oxygens (including phenoxy) is 2. The van der Waals surface area contributed by atoms with E-state index in [-0.39, 0.29) is 0 Å². The monoisotopic (exact) mass is 439 g/mol. The second-order valence-electron chi connectivity index (χ2n) is 7.10. The number of esters is 1. The molecule has 1 N–H and O–H groups in total. The molecule has 1 atom stereocenters. The number of benzene rings is 2. The molecule has 0 saturated heterocycles. The summed E-state index contributed by atoms with van der Waals surface area (Å²) < 4.78 is 13.2. The summed E-state index contributed by atoms with van der Waals surface area (Å²) in [7, 11) is 0. The number of hydrogen-bond donors (Lipinski definition) is 1. The largest absolute Gasteiger partial charge is 0.489 e. The smallest absolute Gasteiger partial charge is 0.338 e. The van der Waals surface area contributed by atoms with E-state index in [0.717, 1.165) is 17.5 Å². The number of anilines is 1. The summed E-state index contributed by atoms with van der Waals surface area (Å²) in [4.78, 5) is 13.0. The van der Waals surface area contributed by atoms with Crippen LogP contribution in [0.1, 0.15) is 37.4 Å². The summed E-state index contributed by atoms with van der Waals surface area (Å²) in [5, 5.41) is 15.7. The molecule has 2 heterocycles. The minimum atomic E-state index is -0.586. The second kappa shape index (κ2) is 9.18. The lowest BCUT2D eigenvalue weighted by atomic mass is 9.95. The number of nitrogens with one attached hydrogen (secondary N) is 1. The number of tetrazole rings is 1. The number of fused-ring (bicyclic) bond motifs is 1. The molecule has 0 aliphatic carbocycles. The highest BCUT2D eigenvalue weighted by molar-refractivity contribution is 6.30. The average Bonchev–Trinajstić information content (AvgIpc) is 3.24. The molecule has 160 valence electrons. The number of nitrogens with zero attached hydrogens (tertiary/aromatic N) is 4. The van der Waals surface area contributed by atoms with Crippen molar-refractivity contribution in [2.24, 2.45) is 0 Å². The van der Waals surface area contributed by atoms with E-state index >= 15 is 0 Å². The van der Waals surface area contributed by atoms with Crippen molar-refractivity contribution in [1.29, 1.82) is 0 Å². The molecule has 0 saturated carbocycles. The Morgan fingerprint density at radius 2 is 1.97 bits per heavy atom. The number of allylic oxidation sites excluding steroid dienone is 1. The first kappa shape index (κ1) is 20.9. The van der Waals surface area contributed by atoms with Crippen LogP contribution < -0.4 is 10.1 Å². The molecule has 1 unspecified atom stereocenters. The molecule has 8 nitrogen and oxygen atoms in total. The third-order valence-electron chi connectivity index (χ3n) is 4.89. The number of carbonyl (C=O) groups is 1. The van der Waals surface area contributed by atoms with Crippen molar-refractivity contribution in [3.05, 3.63) is 76.0 Å². The highest BCUT2D eigenvalue weighted by atomic mass is 35.5. The minimum Gasteiger partial charge on any atom is -0.489 e. The Bertz CT molecular complexity index is 1110. The van der Waals surface area contributed by atoms with E-state index in [9.17, 15) is 4.79 Å². The van der Waals surface area contributed by atoms with Gasteiger partial charge in [-0.05, 0) is 47.5 Å². The highest BCUT2D eigenvalue weighted by Gasteiger charge is 2.36. The number of hydrogen-bond acceptors (Lipinski definition) is 7. The summed E-state index contributed by atoms with van der Waals surface area (Å²) in [6.45, 7) is 4.44. The van der Waals surface area contributed by atoms with Gasteiger partial charge in [-0.3, -0.25) is 0 Å². The molecule has 0 radical (unpaired) electrons. The van der Waals surface area contributed by atoms with Gasteiger partial charge in [0.1, 0.15) is 18.4 Å². The minimum absolute atomic E-state index is 0.333. The van der Waals surface area contributed by atoms with Crippen molar-refractivity contribution < 1.29 is 14.3 Å². The van der Waals surface area contributed by atoms with Gasteiger partial charge in [0, 0.05) is 16.3 Å². The van der Waals surface area contributed by atoms with Crippen LogP contribution in [-0.2, 0) is 16.1 Å². The van der Waals surface area contributed by atoms with Gasteiger partial charge in [0.05, 0.1) is 12.2 Å². The Kier molecular flexibility index (Phi) is 6.18. The van der Waals surface area contributed by atoms with Gasteiger partial charge < -0.3 is 14.8 Å². The molecule has 0 bridgehead atoms. The van der Waals surface area contributed by atoms with Gasteiger partial charge in [0.15, 0.2) is 0 Å². The number of carbonyl (C=O) groups excluding carboxylic acids is 1. The summed E-state index contributed by atoms with van der Waals surface area (Å²) in [5.41, 5.74) is 2.81. The molecule has 0 fully saturated rings. The van der Waals surface area contributed by atoms with E-state index in [1.165, 1.54) is 0 Å². The first-order chi connectivity index (χ1) is 15.1. The lowest BCUT2D eigenvalue weighted by Crippen LogP contribution is -2.30. The molecule has 3 aromatic rings. The van der Waals surface area contributed by atoms with Gasteiger partial charge >= 0.3 is 5.97 Å². The van der Waals surface area contributed by atoms with Crippen LogP contribution in [0.5, 0.6) is 5.75 Å². The third kappa shape index (κ3) is 4.39. The van der Waals surface area contributed by atoms with Gasteiger partial charge in [0.25, 0.3) is 0 Å². The quantitative estimate of drug-likeness (QED) is 0.553. The molecular weight excluding hydrogens is 418 g/mol. The van der Waals surface area contributed by atoms with Gasteiger partial charge in [-0.1, -0.05) is 54.0 Å². The van der Waals surface area contributed by atoms with Gasteiger partial charge in [-0.2, -0.15) is 4.68 Å². The number of halogens is 1. The Labute approximate surface area is 184 Å². The molecule has 0 amide bonds. The van der Waals surface area contributed by atoms with E-state index in [0.29, 0.717) is 41.2 Å². The zero-order valence-corrected chi connectivity index (χ0v) is 18.0. The molecule has 1 aliphatic heterocycles. The van der Waals surface area contributed by atoms with Crippen LogP contribution in [-0.4, -0.2) is 32.8 Å². The zero-order chi connectivity index (χ0) is 21.8. The van der Waals surface area contributed by atoms with Gasteiger partial charge in [-0.15, -0.1) is 0 Å². The summed E-state index contributed by atoms with van der Waals surface area (Å²) in [5.74, 6) is 0.659. The Morgan fingerprint density at radius 1 is 1.19 bits per heavy atom. The summed E-state index contributed by atoms with van der Waals surface area (Å²) >= 11 is 5.97. The van der Waals surface area contributed by atoms with Crippen molar-refractivity contribution in [3.8, 4) is 5.75 Å². The fourth-order valence-corrected chi connectivity index (χ4v) is 3.54. The molecule has 1 aliphatic rings. The number of para-hydroxylation sites is 1. The zero-order valence-electron chi connectivity index (χ0n) is 17.2. The van der Waals surface area contributed by atoms with Crippen molar-refractivity contribution in [2.75, 3.05) is 11.9 Å². The molecule has 4 rings (SSSR count). The maximum Gasteiger partial charge on any atom is 0.338 e. The van der Waals surface area contributed by atoms with Crippen LogP contribution in [0.25, 0.3) is 0 Å². The fraction of sp³-hybridized carbons (Fsp3) is 0.273. The van der Waals surface area contributed by atoms with Gasteiger partial charge in [0.2, 0.25) is 5.95 Å². The van der Waals surface area contributed by atoms with Crippen LogP contribution in [0.2, 0.25) is 5.02 Å². The fourth-order valence-electron chi connectivity index (χ4n) is 3.42. The SMILES string of the molecule is CCCOC(=O)C1=C(C)Nc2nnnn2C1c1ccccc1OCc1ccc(Cl)cc1. The molecule has 0 spiro atoms. The third-order valence-corrected chi connectivity index (χ3v) is 5.14. The van der Waals surface area contributed by atoms with Gasteiger partial charge in [-0.25, -0.2) is 4.79 Å². The van der Waals surface area contributed by atoms with Crippen LogP contribution in [0.3, 0.4) is 0 Å². The first-order valence-electron chi connectivity index (χ1n) is 9.97. The Hall–Kier alpha value is -3.39. The number of aromatic nitrogens is 4. The molecule has 1 aromatic heterocycles. The predicted octanol–water partition coefficient (Wildman–Crippen LogP) is 4.15. The molecular formula is C22H22ClN5O3. The maximum atomic E-state index is 13.0. The molecule has 31 heavy (non-hydrogen) atoms. The second-order valence-corrected chi connectivity index (χ2v) is 7.54. The lowest BCUT2D eigenvalue weighted by Gasteiger charge is -2.28. The van der Waals surface area contributed by atoms with Crippen LogP contribution in [0, 0.1) is 0 Å². The number of rotatable bonds is 7. The van der Waals surface area contributed by atoms with Crippen molar-refractivity contribution in [1.82, 2.24) is 20.2 Å². The molecule has 9 heteroatoms. The normalized spacial score (nSPS) is 15.3. The maximum absolute atomic E-state index is 13.0. The van der Waals surface area contributed by atoms with E-state index in [1.54, 1.807) is 4.68 Å². The summed E-state index contributed by atoms with van der Waals surface area (Å²) in [6.07, 6.45) is 0.729. The van der Waals surface area contributed by atoms with Crippen molar-refractivity contribution in [3.63, 3.8) is 0 Å². The van der Waals surface area contributed by atoms with Crippen LogP contribution in [0.15, 0.2) is 59.8 Å². The van der Waals surface area contributed by atoms with E-state index in [4.69, 9.17) is 21.1 Å². The predicted molar refractivity (Wildman–Crippen MR) is 116 cm³/mol. The van der Waals surface area contributed by atoms with E-state index < -0.39 is 12.0 Å². The van der Waals surface area contributed by atoms with Crippen LogP contribution >= 0.6 is 11.6 Å². The summed E-state index contributed by atoms with van der Waals surface area (Å²) in [6, 6.07) is 14.4. The standard InChI is InChI=1S/C22H22ClN5O3/c1-3-12-30-21(29)19-14(2)24-22-25-26-27-28(22)20(19)17-6-4-5-7-18(17)31-13-15-8-10-16(23)11-9-15/h4-11,20H,3,12-13H2,1-2H3,(H,24,25,27). The first-order valence-corrected chi connectivity index (χ1v) is 10.3. The average molecular weight is 440 g/mol. The van der Waals surface area contributed by atoms with Crippen LogP contribution in [0.4, 0.5) is 5.95 Å². The van der Waals surface area contributed by atoms with E-state index in [2.05, 4.69) is 20.8 Å². The topological polar surface area (TPSA) is 91.2 Å². The molecule has 2 aromatic carbocycles. The van der Waals surface area contributed by atoms with Crippen molar-refractivity contribution >= 4 is 23.5 Å². The highest BCUT2D eigenvalue weighted by Crippen LogP contribution is 2.39. The Morgan fingerprint density at radius 3 is 2.74 bits per heavy atom.